The second-order valence-corrected chi connectivity index (χ2v) is 6.47. The van der Waals surface area contributed by atoms with Crippen molar-refractivity contribution in [2.45, 2.75) is 65.3 Å². The smallest absolute Gasteiger partial charge is 0.0342 e. The quantitative estimate of drug-likeness (QED) is 0.658. The number of aryl methyl sites for hydroxylation is 1. The molecule has 106 valence electrons. The molecule has 1 aromatic carbocycles. The maximum absolute atomic E-state index is 3.66. The molecule has 1 aliphatic rings. The van der Waals surface area contributed by atoms with Gasteiger partial charge in [0.05, 0.1) is 0 Å². The molecule has 0 bridgehead atoms. The fourth-order valence-corrected chi connectivity index (χ4v) is 2.91. The van der Waals surface area contributed by atoms with Gasteiger partial charge < -0.3 is 5.32 Å². The molecular formula is C18H29N. The lowest BCUT2D eigenvalue weighted by molar-refractivity contribution is 0.212. The van der Waals surface area contributed by atoms with Crippen molar-refractivity contribution in [3.63, 3.8) is 0 Å². The number of unbranched alkanes of at least 4 members (excludes halogenated alkanes) is 2. The molecule has 0 heterocycles. The number of anilines is 1. The predicted molar refractivity (Wildman–Crippen MR) is 84.6 cm³/mol. The summed E-state index contributed by atoms with van der Waals surface area (Å²) in [6.45, 7) is 6.94. The maximum atomic E-state index is 3.66. The molecule has 0 aliphatic heterocycles. The summed E-state index contributed by atoms with van der Waals surface area (Å²) in [4.78, 5) is 0. The lowest BCUT2D eigenvalue weighted by atomic mass is 9.73. The average molecular weight is 259 g/mol. The van der Waals surface area contributed by atoms with Crippen LogP contribution >= 0.6 is 0 Å². The molecule has 0 saturated heterocycles. The van der Waals surface area contributed by atoms with E-state index in [1.165, 1.54) is 49.8 Å². The third-order valence-corrected chi connectivity index (χ3v) is 4.51. The van der Waals surface area contributed by atoms with Gasteiger partial charge in [-0.05, 0) is 55.2 Å². The first-order chi connectivity index (χ1) is 9.19. The molecule has 1 aromatic rings. The second-order valence-electron chi connectivity index (χ2n) is 6.47. The van der Waals surface area contributed by atoms with Crippen LogP contribution in [0.2, 0.25) is 0 Å². The number of nitrogens with one attached hydrogen (secondary N) is 1. The van der Waals surface area contributed by atoms with Gasteiger partial charge in [-0.25, -0.2) is 0 Å². The van der Waals surface area contributed by atoms with Crippen molar-refractivity contribution in [2.24, 2.45) is 11.8 Å². The molecule has 2 rings (SSSR count). The van der Waals surface area contributed by atoms with Crippen molar-refractivity contribution in [1.29, 1.82) is 0 Å². The maximum Gasteiger partial charge on any atom is 0.0342 e. The zero-order chi connectivity index (χ0) is 13.7. The number of hydrogen-bond donors (Lipinski definition) is 1. The van der Waals surface area contributed by atoms with E-state index in [0.29, 0.717) is 6.04 Å². The molecule has 1 fully saturated rings. The standard InChI is InChI=1S/C18H29N/c1-4-5-6-7-15-8-10-17(11-9-15)19-18-12-16(13-18)14(2)3/h8-11,14,16,18-19H,4-7,12-13H2,1-3H3. The third-order valence-electron chi connectivity index (χ3n) is 4.51. The van der Waals surface area contributed by atoms with Gasteiger partial charge in [-0.3, -0.25) is 0 Å². The highest BCUT2D eigenvalue weighted by Crippen LogP contribution is 2.35. The Balaban J connectivity index is 1.73. The van der Waals surface area contributed by atoms with E-state index in [9.17, 15) is 0 Å². The van der Waals surface area contributed by atoms with Gasteiger partial charge in [0.25, 0.3) is 0 Å². The van der Waals surface area contributed by atoms with Crippen LogP contribution in [0.3, 0.4) is 0 Å². The lowest BCUT2D eigenvalue weighted by Crippen LogP contribution is -2.37. The van der Waals surface area contributed by atoms with Crippen LogP contribution in [0.15, 0.2) is 24.3 Å². The summed E-state index contributed by atoms with van der Waals surface area (Å²) in [5.74, 6) is 1.78. The number of benzene rings is 1. The summed E-state index contributed by atoms with van der Waals surface area (Å²) in [7, 11) is 0. The van der Waals surface area contributed by atoms with Crippen molar-refractivity contribution in [3.8, 4) is 0 Å². The van der Waals surface area contributed by atoms with Crippen LogP contribution in [-0.2, 0) is 6.42 Å². The fraction of sp³-hybridized carbons (Fsp3) is 0.667. The summed E-state index contributed by atoms with van der Waals surface area (Å²) in [5.41, 5.74) is 2.78. The van der Waals surface area contributed by atoms with Crippen LogP contribution in [0.25, 0.3) is 0 Å². The lowest BCUT2D eigenvalue weighted by Gasteiger charge is -2.39. The summed E-state index contributed by atoms with van der Waals surface area (Å²) >= 11 is 0. The third kappa shape index (κ3) is 4.26. The van der Waals surface area contributed by atoms with Crippen molar-refractivity contribution >= 4 is 5.69 Å². The minimum absolute atomic E-state index is 0.707. The molecular weight excluding hydrogens is 230 g/mol. The number of hydrogen-bond acceptors (Lipinski definition) is 1. The van der Waals surface area contributed by atoms with Gasteiger partial charge in [0.15, 0.2) is 0 Å². The molecule has 1 aliphatic carbocycles. The van der Waals surface area contributed by atoms with Crippen LogP contribution in [-0.4, -0.2) is 6.04 Å². The van der Waals surface area contributed by atoms with Gasteiger partial charge in [0.2, 0.25) is 0 Å². The Labute approximate surface area is 118 Å². The molecule has 19 heavy (non-hydrogen) atoms. The first-order valence-corrected chi connectivity index (χ1v) is 8.04. The molecule has 0 amide bonds. The molecule has 1 heteroatoms. The van der Waals surface area contributed by atoms with Crippen LogP contribution in [0.5, 0.6) is 0 Å². The molecule has 0 atom stereocenters. The van der Waals surface area contributed by atoms with Gasteiger partial charge >= 0.3 is 0 Å². The minimum Gasteiger partial charge on any atom is -0.382 e. The largest absolute Gasteiger partial charge is 0.382 e. The Kier molecular flexibility index (Phi) is 5.30. The topological polar surface area (TPSA) is 12.0 Å². The highest BCUT2D eigenvalue weighted by Gasteiger charge is 2.30. The van der Waals surface area contributed by atoms with E-state index >= 15 is 0 Å². The fourth-order valence-electron chi connectivity index (χ4n) is 2.91. The Bertz CT molecular complexity index is 360. The Morgan fingerprint density at radius 1 is 1.11 bits per heavy atom. The molecule has 1 N–H and O–H groups in total. The average Bonchev–Trinajstić information content (AvgIpc) is 2.35. The van der Waals surface area contributed by atoms with Gasteiger partial charge in [-0.15, -0.1) is 0 Å². The Hall–Kier alpha value is -0.980. The van der Waals surface area contributed by atoms with Crippen molar-refractivity contribution < 1.29 is 0 Å². The molecule has 0 radical (unpaired) electrons. The zero-order valence-corrected chi connectivity index (χ0v) is 12.8. The zero-order valence-electron chi connectivity index (χ0n) is 12.8. The first kappa shape index (κ1) is 14.4. The summed E-state index contributed by atoms with van der Waals surface area (Å²) in [5, 5.41) is 3.66. The molecule has 0 spiro atoms. The van der Waals surface area contributed by atoms with E-state index < -0.39 is 0 Å². The van der Waals surface area contributed by atoms with E-state index in [4.69, 9.17) is 0 Å². The normalized spacial score (nSPS) is 22.3. The van der Waals surface area contributed by atoms with E-state index in [2.05, 4.69) is 50.4 Å². The predicted octanol–water partition coefficient (Wildman–Crippen LogP) is 5.27. The van der Waals surface area contributed by atoms with Crippen molar-refractivity contribution in [3.05, 3.63) is 29.8 Å². The second kappa shape index (κ2) is 6.98. The van der Waals surface area contributed by atoms with E-state index in [1.807, 2.05) is 0 Å². The molecule has 1 nitrogen and oxygen atoms in total. The van der Waals surface area contributed by atoms with Crippen molar-refractivity contribution in [2.75, 3.05) is 5.32 Å². The Morgan fingerprint density at radius 3 is 2.37 bits per heavy atom. The number of rotatable bonds is 7. The monoisotopic (exact) mass is 259 g/mol. The minimum atomic E-state index is 0.707. The van der Waals surface area contributed by atoms with Gasteiger partial charge in [0, 0.05) is 11.7 Å². The summed E-state index contributed by atoms with van der Waals surface area (Å²) < 4.78 is 0. The highest BCUT2D eigenvalue weighted by molar-refractivity contribution is 5.46. The highest BCUT2D eigenvalue weighted by atomic mass is 14.9. The van der Waals surface area contributed by atoms with E-state index in [1.54, 1.807) is 0 Å². The summed E-state index contributed by atoms with van der Waals surface area (Å²) in [6, 6.07) is 9.79. The van der Waals surface area contributed by atoms with Crippen LogP contribution < -0.4 is 5.32 Å². The van der Waals surface area contributed by atoms with E-state index in [0.717, 1.165) is 11.8 Å². The van der Waals surface area contributed by atoms with Crippen LogP contribution in [0, 0.1) is 11.8 Å². The van der Waals surface area contributed by atoms with Gasteiger partial charge in [0.1, 0.15) is 0 Å². The molecule has 0 aromatic heterocycles. The van der Waals surface area contributed by atoms with Crippen molar-refractivity contribution in [1.82, 2.24) is 0 Å². The molecule has 0 unspecified atom stereocenters. The molecule has 1 saturated carbocycles. The van der Waals surface area contributed by atoms with E-state index in [-0.39, 0.29) is 0 Å². The SMILES string of the molecule is CCCCCc1ccc(NC2CC(C(C)C)C2)cc1. The van der Waals surface area contributed by atoms with Gasteiger partial charge in [-0.2, -0.15) is 0 Å². The van der Waals surface area contributed by atoms with Crippen LogP contribution in [0.4, 0.5) is 5.69 Å². The Morgan fingerprint density at radius 2 is 1.79 bits per heavy atom. The summed E-state index contributed by atoms with van der Waals surface area (Å²) in [6.07, 6.45) is 7.89. The van der Waals surface area contributed by atoms with Gasteiger partial charge in [-0.1, -0.05) is 45.7 Å². The van der Waals surface area contributed by atoms with Crippen LogP contribution in [0.1, 0.15) is 58.4 Å². The first-order valence-electron chi connectivity index (χ1n) is 8.04.